The van der Waals surface area contributed by atoms with Crippen LogP contribution in [-0.2, 0) is 19.1 Å². The number of esters is 1. The van der Waals surface area contributed by atoms with Gasteiger partial charge in [0.15, 0.2) is 0 Å². The molecule has 1 unspecified atom stereocenters. The van der Waals surface area contributed by atoms with E-state index < -0.39 is 0 Å². The van der Waals surface area contributed by atoms with E-state index in [-0.39, 0.29) is 23.4 Å². The van der Waals surface area contributed by atoms with Crippen molar-refractivity contribution >= 4 is 11.9 Å². The molecule has 22 heavy (non-hydrogen) atoms. The van der Waals surface area contributed by atoms with E-state index in [0.717, 1.165) is 32.5 Å². The van der Waals surface area contributed by atoms with Crippen LogP contribution in [0.15, 0.2) is 0 Å². The third-order valence-corrected chi connectivity index (χ3v) is 4.26. The minimum absolute atomic E-state index is 0.103. The molecule has 0 spiro atoms. The van der Waals surface area contributed by atoms with Crippen LogP contribution in [0.2, 0.25) is 0 Å². The Morgan fingerprint density at radius 2 is 2.09 bits per heavy atom. The van der Waals surface area contributed by atoms with Gasteiger partial charge in [-0.1, -0.05) is 0 Å². The number of ether oxygens (including phenoxy) is 2. The lowest BCUT2D eigenvalue weighted by molar-refractivity contribution is -0.151. The first-order valence-corrected chi connectivity index (χ1v) is 8.22. The Kier molecular flexibility index (Phi) is 5.81. The van der Waals surface area contributed by atoms with Crippen LogP contribution in [0.1, 0.15) is 33.6 Å². The summed E-state index contributed by atoms with van der Waals surface area (Å²) in [5.74, 6) is -0.238. The number of carbonyl (C=O) groups excluding carboxylic acids is 2. The molecule has 2 fully saturated rings. The summed E-state index contributed by atoms with van der Waals surface area (Å²) >= 11 is 0. The molecule has 2 saturated heterocycles. The Bertz CT molecular complexity index is 411. The zero-order chi connectivity index (χ0) is 16.2. The molecule has 0 radical (unpaired) electrons. The molecule has 2 heterocycles. The summed E-state index contributed by atoms with van der Waals surface area (Å²) in [6.07, 6.45) is 1.68. The van der Waals surface area contributed by atoms with Gasteiger partial charge in [0, 0.05) is 26.2 Å². The summed E-state index contributed by atoms with van der Waals surface area (Å²) in [4.78, 5) is 28.3. The van der Waals surface area contributed by atoms with Crippen molar-refractivity contribution in [1.82, 2.24) is 9.80 Å². The highest BCUT2D eigenvalue weighted by Gasteiger charge is 2.32. The van der Waals surface area contributed by atoms with Gasteiger partial charge in [0.1, 0.15) is 0 Å². The van der Waals surface area contributed by atoms with Crippen LogP contribution in [0.4, 0.5) is 0 Å². The van der Waals surface area contributed by atoms with Gasteiger partial charge < -0.3 is 14.4 Å². The van der Waals surface area contributed by atoms with Gasteiger partial charge in [0.2, 0.25) is 5.91 Å². The zero-order valence-electron chi connectivity index (χ0n) is 14.0. The molecule has 0 aliphatic carbocycles. The molecule has 1 amide bonds. The lowest BCUT2D eigenvalue weighted by Gasteiger charge is -2.39. The highest BCUT2D eigenvalue weighted by Crippen LogP contribution is 2.20. The van der Waals surface area contributed by atoms with Gasteiger partial charge in [-0.25, -0.2) is 0 Å². The van der Waals surface area contributed by atoms with Crippen molar-refractivity contribution in [3.8, 4) is 0 Å². The Morgan fingerprint density at radius 3 is 2.77 bits per heavy atom. The number of amides is 1. The minimum atomic E-state index is -0.201. The standard InChI is InChI=1S/C16H28N2O4/c1-4-21-15(20)13-6-5-7-18(10-13)14(19)11-17-8-9-22-16(2,3)12-17/h13H,4-12H2,1-3H3. The number of rotatable bonds is 4. The largest absolute Gasteiger partial charge is 0.466 e. The number of piperidine rings is 1. The van der Waals surface area contributed by atoms with Crippen LogP contribution in [0, 0.1) is 5.92 Å². The van der Waals surface area contributed by atoms with Crippen molar-refractivity contribution in [2.45, 2.75) is 39.2 Å². The Hall–Kier alpha value is -1.14. The average molecular weight is 312 g/mol. The fraction of sp³-hybridized carbons (Fsp3) is 0.875. The summed E-state index contributed by atoms with van der Waals surface area (Å²) in [6.45, 7) is 10.1. The summed E-state index contributed by atoms with van der Waals surface area (Å²) in [7, 11) is 0. The highest BCUT2D eigenvalue weighted by molar-refractivity contribution is 5.80. The second kappa shape index (κ2) is 7.42. The number of nitrogens with zero attached hydrogens (tertiary/aromatic N) is 2. The molecule has 2 aliphatic rings. The van der Waals surface area contributed by atoms with Crippen molar-refractivity contribution in [2.75, 3.05) is 45.9 Å². The van der Waals surface area contributed by atoms with E-state index in [2.05, 4.69) is 4.90 Å². The minimum Gasteiger partial charge on any atom is -0.466 e. The third kappa shape index (κ3) is 4.68. The van der Waals surface area contributed by atoms with Crippen molar-refractivity contribution in [1.29, 1.82) is 0 Å². The van der Waals surface area contributed by atoms with Gasteiger partial charge in [0.25, 0.3) is 0 Å². The molecule has 6 nitrogen and oxygen atoms in total. The van der Waals surface area contributed by atoms with Gasteiger partial charge >= 0.3 is 5.97 Å². The number of carbonyl (C=O) groups is 2. The van der Waals surface area contributed by atoms with Gasteiger partial charge in [0.05, 0.1) is 31.3 Å². The summed E-state index contributed by atoms with van der Waals surface area (Å²) < 4.78 is 10.8. The topological polar surface area (TPSA) is 59.1 Å². The third-order valence-electron chi connectivity index (χ3n) is 4.26. The fourth-order valence-corrected chi connectivity index (χ4v) is 3.20. The molecule has 0 aromatic carbocycles. The van der Waals surface area contributed by atoms with Crippen LogP contribution >= 0.6 is 0 Å². The van der Waals surface area contributed by atoms with Crippen LogP contribution in [-0.4, -0.2) is 73.2 Å². The van der Waals surface area contributed by atoms with E-state index >= 15 is 0 Å². The monoisotopic (exact) mass is 312 g/mol. The first-order chi connectivity index (χ1) is 10.4. The van der Waals surface area contributed by atoms with Crippen LogP contribution in [0.3, 0.4) is 0 Å². The average Bonchev–Trinajstić information content (AvgIpc) is 2.46. The van der Waals surface area contributed by atoms with E-state index in [9.17, 15) is 9.59 Å². The first-order valence-electron chi connectivity index (χ1n) is 8.22. The van der Waals surface area contributed by atoms with Crippen LogP contribution in [0.5, 0.6) is 0 Å². The maximum Gasteiger partial charge on any atom is 0.310 e. The molecule has 1 atom stereocenters. The van der Waals surface area contributed by atoms with E-state index in [1.54, 1.807) is 0 Å². The maximum absolute atomic E-state index is 12.5. The molecule has 2 aliphatic heterocycles. The van der Waals surface area contributed by atoms with E-state index in [1.807, 2.05) is 25.7 Å². The van der Waals surface area contributed by atoms with Crippen molar-refractivity contribution in [3.63, 3.8) is 0 Å². The molecule has 126 valence electrons. The van der Waals surface area contributed by atoms with Gasteiger partial charge in [-0.2, -0.15) is 0 Å². The number of likely N-dealkylation sites (tertiary alicyclic amines) is 1. The number of hydrogen-bond donors (Lipinski definition) is 0. The Labute approximate surface area is 132 Å². The second-order valence-electron chi connectivity index (χ2n) is 6.75. The van der Waals surface area contributed by atoms with Crippen molar-refractivity contribution < 1.29 is 19.1 Å². The van der Waals surface area contributed by atoms with Crippen molar-refractivity contribution in [2.24, 2.45) is 5.92 Å². The highest BCUT2D eigenvalue weighted by atomic mass is 16.5. The van der Waals surface area contributed by atoms with Gasteiger partial charge in [-0.15, -0.1) is 0 Å². The lowest BCUT2D eigenvalue weighted by atomic mass is 9.98. The summed E-state index contributed by atoms with van der Waals surface area (Å²) in [5, 5.41) is 0. The SMILES string of the molecule is CCOC(=O)C1CCCN(C(=O)CN2CCOC(C)(C)C2)C1. The van der Waals surface area contributed by atoms with Crippen molar-refractivity contribution in [3.05, 3.63) is 0 Å². The molecule has 0 aromatic rings. The number of hydrogen-bond acceptors (Lipinski definition) is 5. The lowest BCUT2D eigenvalue weighted by Crippen LogP contribution is -2.53. The maximum atomic E-state index is 12.5. The molecule has 0 aromatic heterocycles. The van der Waals surface area contributed by atoms with Crippen LogP contribution < -0.4 is 0 Å². The van der Waals surface area contributed by atoms with E-state index in [0.29, 0.717) is 26.3 Å². The zero-order valence-corrected chi connectivity index (χ0v) is 14.0. The molecular formula is C16H28N2O4. The van der Waals surface area contributed by atoms with Gasteiger partial charge in [-0.3, -0.25) is 14.5 Å². The first kappa shape index (κ1) is 17.2. The Balaban J connectivity index is 1.85. The van der Waals surface area contributed by atoms with E-state index in [4.69, 9.17) is 9.47 Å². The van der Waals surface area contributed by atoms with Gasteiger partial charge in [-0.05, 0) is 33.6 Å². The molecular weight excluding hydrogens is 284 g/mol. The number of morpholine rings is 1. The summed E-state index contributed by atoms with van der Waals surface area (Å²) in [5.41, 5.74) is -0.201. The fourth-order valence-electron chi connectivity index (χ4n) is 3.20. The smallest absolute Gasteiger partial charge is 0.310 e. The normalized spacial score (nSPS) is 25.8. The molecule has 0 bridgehead atoms. The van der Waals surface area contributed by atoms with E-state index in [1.165, 1.54) is 0 Å². The molecule has 0 saturated carbocycles. The second-order valence-corrected chi connectivity index (χ2v) is 6.75. The predicted molar refractivity (Wildman–Crippen MR) is 82.4 cm³/mol. The quantitative estimate of drug-likeness (QED) is 0.722. The van der Waals surface area contributed by atoms with Crippen LogP contribution in [0.25, 0.3) is 0 Å². The molecule has 2 rings (SSSR count). The molecule has 0 N–H and O–H groups in total. The Morgan fingerprint density at radius 1 is 1.32 bits per heavy atom. The summed E-state index contributed by atoms with van der Waals surface area (Å²) in [6, 6.07) is 0. The molecule has 6 heteroatoms. The predicted octanol–water partition coefficient (Wildman–Crippen LogP) is 0.899.